The summed E-state index contributed by atoms with van der Waals surface area (Å²) in [6.07, 6.45) is 5.43. The van der Waals surface area contributed by atoms with Crippen LogP contribution in [0.5, 0.6) is 0 Å². The number of hydrogen-bond acceptors (Lipinski definition) is 4. The van der Waals surface area contributed by atoms with Crippen molar-refractivity contribution in [3.63, 3.8) is 0 Å². The minimum Gasteiger partial charge on any atom is -0.339 e. The minimum atomic E-state index is 0.282. The summed E-state index contributed by atoms with van der Waals surface area (Å²) in [5.41, 5.74) is 0. The first-order chi connectivity index (χ1) is 8.72. The van der Waals surface area contributed by atoms with Gasteiger partial charge in [0.15, 0.2) is 5.82 Å². The highest BCUT2D eigenvalue weighted by Crippen LogP contribution is 2.19. The van der Waals surface area contributed by atoms with Crippen LogP contribution in [-0.4, -0.2) is 22.7 Å². The number of rotatable bonds is 9. The van der Waals surface area contributed by atoms with Gasteiger partial charge in [-0.3, -0.25) is 0 Å². The van der Waals surface area contributed by atoms with E-state index in [2.05, 4.69) is 43.2 Å². The summed E-state index contributed by atoms with van der Waals surface area (Å²) in [4.78, 5) is 4.51. The molecular formula is C14H27N3O. The van der Waals surface area contributed by atoms with Crippen LogP contribution < -0.4 is 5.32 Å². The Bertz CT molecular complexity index is 325. The molecule has 1 N–H and O–H groups in total. The van der Waals surface area contributed by atoms with Crippen molar-refractivity contribution in [2.75, 3.05) is 6.54 Å². The van der Waals surface area contributed by atoms with Crippen LogP contribution in [0.25, 0.3) is 0 Å². The predicted octanol–water partition coefficient (Wildman–Crippen LogP) is 3.29. The van der Waals surface area contributed by atoms with Crippen LogP contribution in [0.1, 0.15) is 71.0 Å². The van der Waals surface area contributed by atoms with Gasteiger partial charge in [-0.25, -0.2) is 0 Å². The van der Waals surface area contributed by atoms with Gasteiger partial charge in [-0.2, -0.15) is 4.98 Å². The number of aryl methyl sites for hydroxylation is 1. The minimum absolute atomic E-state index is 0.282. The average molecular weight is 253 g/mol. The zero-order chi connectivity index (χ0) is 13.4. The summed E-state index contributed by atoms with van der Waals surface area (Å²) in [6.45, 7) is 9.75. The second kappa shape index (κ2) is 8.25. The van der Waals surface area contributed by atoms with E-state index in [1.165, 1.54) is 0 Å². The van der Waals surface area contributed by atoms with Crippen LogP contribution in [0.4, 0.5) is 0 Å². The molecule has 4 heteroatoms. The molecule has 0 saturated heterocycles. The van der Waals surface area contributed by atoms with E-state index < -0.39 is 0 Å². The summed E-state index contributed by atoms with van der Waals surface area (Å²) in [6, 6.07) is 0.421. The fourth-order valence-corrected chi connectivity index (χ4v) is 2.07. The summed E-state index contributed by atoms with van der Waals surface area (Å²) in [5.74, 6) is 1.91. The van der Waals surface area contributed by atoms with E-state index >= 15 is 0 Å². The molecule has 0 fully saturated rings. The van der Waals surface area contributed by atoms with Gasteiger partial charge in [-0.1, -0.05) is 39.3 Å². The van der Waals surface area contributed by atoms with Crippen molar-refractivity contribution in [1.29, 1.82) is 0 Å². The van der Waals surface area contributed by atoms with Crippen molar-refractivity contribution >= 4 is 0 Å². The summed E-state index contributed by atoms with van der Waals surface area (Å²) >= 11 is 0. The molecule has 0 aliphatic rings. The highest BCUT2D eigenvalue weighted by molar-refractivity contribution is 4.97. The molecule has 0 radical (unpaired) electrons. The average Bonchev–Trinajstić information content (AvgIpc) is 2.85. The Labute approximate surface area is 111 Å². The molecule has 0 bridgehead atoms. The molecule has 0 aliphatic carbocycles. The molecule has 1 aromatic heterocycles. The molecular weight excluding hydrogens is 226 g/mol. The zero-order valence-corrected chi connectivity index (χ0v) is 12.2. The largest absolute Gasteiger partial charge is 0.339 e. The van der Waals surface area contributed by atoms with Crippen LogP contribution in [0, 0.1) is 0 Å². The van der Waals surface area contributed by atoms with Gasteiger partial charge in [-0.05, 0) is 25.8 Å². The lowest BCUT2D eigenvalue weighted by molar-refractivity contribution is 0.317. The Hall–Kier alpha value is -0.900. The Morgan fingerprint density at radius 1 is 1.22 bits per heavy atom. The lowest BCUT2D eigenvalue weighted by Crippen LogP contribution is -2.33. The van der Waals surface area contributed by atoms with Crippen molar-refractivity contribution in [1.82, 2.24) is 15.5 Å². The quantitative estimate of drug-likeness (QED) is 0.733. The van der Waals surface area contributed by atoms with Crippen molar-refractivity contribution < 1.29 is 4.52 Å². The van der Waals surface area contributed by atoms with Gasteiger partial charge in [0, 0.05) is 12.5 Å². The predicted molar refractivity (Wildman–Crippen MR) is 73.7 cm³/mol. The van der Waals surface area contributed by atoms with Gasteiger partial charge in [0.1, 0.15) is 0 Å². The Balaban J connectivity index is 2.57. The molecule has 0 saturated carbocycles. The van der Waals surface area contributed by atoms with Gasteiger partial charge >= 0.3 is 0 Å². The topological polar surface area (TPSA) is 51.0 Å². The maximum atomic E-state index is 5.39. The van der Waals surface area contributed by atoms with E-state index in [0.717, 1.165) is 50.4 Å². The summed E-state index contributed by atoms with van der Waals surface area (Å²) < 4.78 is 5.39. The monoisotopic (exact) mass is 253 g/mol. The summed E-state index contributed by atoms with van der Waals surface area (Å²) in [5, 5.41) is 7.60. The Morgan fingerprint density at radius 2 is 2.00 bits per heavy atom. The number of unbranched alkanes of at least 4 members (excludes halogenated alkanes) is 1. The number of nitrogens with one attached hydrogen (secondary N) is 1. The van der Waals surface area contributed by atoms with Crippen molar-refractivity contribution in [2.45, 2.75) is 71.8 Å². The van der Waals surface area contributed by atoms with Crippen LogP contribution in [-0.2, 0) is 6.42 Å². The maximum Gasteiger partial charge on any atom is 0.231 e. The normalized spacial score (nSPS) is 14.7. The number of hydrogen-bond donors (Lipinski definition) is 1. The Morgan fingerprint density at radius 3 is 2.61 bits per heavy atom. The smallest absolute Gasteiger partial charge is 0.231 e. The third-order valence-electron chi connectivity index (χ3n) is 3.33. The van der Waals surface area contributed by atoms with Gasteiger partial charge < -0.3 is 9.84 Å². The van der Waals surface area contributed by atoms with Gasteiger partial charge in [0.05, 0.1) is 5.92 Å². The third kappa shape index (κ3) is 4.41. The first-order valence-corrected chi connectivity index (χ1v) is 7.28. The molecule has 104 valence electrons. The SMILES string of the molecule is CCCCc1noc(C(C)C(CC)NCCC)n1. The van der Waals surface area contributed by atoms with E-state index in [1.54, 1.807) is 0 Å². The van der Waals surface area contributed by atoms with E-state index in [9.17, 15) is 0 Å². The van der Waals surface area contributed by atoms with Gasteiger partial charge in [-0.15, -0.1) is 0 Å². The molecule has 4 nitrogen and oxygen atoms in total. The van der Waals surface area contributed by atoms with Crippen molar-refractivity contribution in [3.05, 3.63) is 11.7 Å². The first-order valence-electron chi connectivity index (χ1n) is 7.28. The standard InChI is InChI=1S/C14H27N3O/c1-5-8-9-13-16-14(18-17-13)11(4)12(7-3)15-10-6-2/h11-12,15H,5-10H2,1-4H3. The van der Waals surface area contributed by atoms with Crippen molar-refractivity contribution in [2.24, 2.45) is 0 Å². The van der Waals surface area contributed by atoms with Crippen LogP contribution >= 0.6 is 0 Å². The second-order valence-corrected chi connectivity index (χ2v) is 4.91. The fourth-order valence-electron chi connectivity index (χ4n) is 2.07. The van der Waals surface area contributed by atoms with Crippen molar-refractivity contribution in [3.8, 4) is 0 Å². The first kappa shape index (κ1) is 15.2. The van der Waals surface area contributed by atoms with E-state index in [0.29, 0.717) is 6.04 Å². The molecule has 0 amide bonds. The lowest BCUT2D eigenvalue weighted by Gasteiger charge is -2.20. The van der Waals surface area contributed by atoms with Crippen LogP contribution in [0.15, 0.2) is 4.52 Å². The fraction of sp³-hybridized carbons (Fsp3) is 0.857. The van der Waals surface area contributed by atoms with Crippen LogP contribution in [0.3, 0.4) is 0 Å². The number of aromatic nitrogens is 2. The van der Waals surface area contributed by atoms with E-state index in [4.69, 9.17) is 4.52 Å². The highest BCUT2D eigenvalue weighted by atomic mass is 16.5. The molecule has 2 atom stereocenters. The molecule has 0 aliphatic heterocycles. The zero-order valence-electron chi connectivity index (χ0n) is 12.2. The lowest BCUT2D eigenvalue weighted by atomic mass is 9.99. The highest BCUT2D eigenvalue weighted by Gasteiger charge is 2.22. The number of nitrogens with zero attached hydrogens (tertiary/aromatic N) is 2. The molecule has 0 aromatic carbocycles. The molecule has 0 spiro atoms. The molecule has 1 aromatic rings. The third-order valence-corrected chi connectivity index (χ3v) is 3.33. The van der Waals surface area contributed by atoms with Gasteiger partial charge in [0.2, 0.25) is 5.89 Å². The molecule has 1 heterocycles. The molecule has 18 heavy (non-hydrogen) atoms. The van der Waals surface area contributed by atoms with E-state index in [-0.39, 0.29) is 5.92 Å². The second-order valence-electron chi connectivity index (χ2n) is 4.91. The van der Waals surface area contributed by atoms with E-state index in [1.807, 2.05) is 0 Å². The maximum absolute atomic E-state index is 5.39. The van der Waals surface area contributed by atoms with Crippen LogP contribution in [0.2, 0.25) is 0 Å². The molecule has 2 unspecified atom stereocenters. The molecule has 1 rings (SSSR count). The van der Waals surface area contributed by atoms with Gasteiger partial charge in [0.25, 0.3) is 0 Å². The Kier molecular flexibility index (Phi) is 6.94. The summed E-state index contributed by atoms with van der Waals surface area (Å²) in [7, 11) is 0.